The molecule has 334 valence electrons. The molecular weight excluding hydrogens is 941 g/mol. The molecule has 10 N–H and O–H groups in total. The molecule has 58 heavy (non-hydrogen) atoms. The van der Waals surface area contributed by atoms with Gasteiger partial charge in [0.25, 0.3) is 11.8 Å². The first kappa shape index (κ1) is 49.6. The second-order valence-corrected chi connectivity index (χ2v) is 17.5. The van der Waals surface area contributed by atoms with E-state index in [0.29, 0.717) is 0 Å². The maximum Gasteiger partial charge on any atom is 0.397 e. The first-order chi connectivity index (χ1) is 26.1. The minimum absolute atomic E-state index is 0.546. The van der Waals surface area contributed by atoms with Gasteiger partial charge in [-0.25, -0.2) is 25.1 Å². The number of benzene rings is 1. The van der Waals surface area contributed by atoms with E-state index >= 15 is 0 Å². The molecular formula is C20H28N2O30S6. The fraction of sp³-hybridized carbons (Fsp3) is 0.600. The zero-order chi connectivity index (χ0) is 44.4. The molecule has 2 aliphatic rings. The van der Waals surface area contributed by atoms with Crippen LogP contribution in [0.25, 0.3) is 0 Å². The van der Waals surface area contributed by atoms with Gasteiger partial charge in [0, 0.05) is 11.1 Å². The molecule has 0 aromatic heterocycles. The van der Waals surface area contributed by atoms with Gasteiger partial charge in [-0.1, -0.05) is 0 Å². The summed E-state index contributed by atoms with van der Waals surface area (Å²) in [5, 5.41) is 24.8. The Labute approximate surface area is 325 Å². The summed E-state index contributed by atoms with van der Waals surface area (Å²) in [5.41, 5.74) is -1.09. The van der Waals surface area contributed by atoms with E-state index in [1.54, 1.807) is 0 Å². The highest BCUT2D eigenvalue weighted by Gasteiger charge is 2.53. The van der Waals surface area contributed by atoms with E-state index in [4.69, 9.17) is 18.6 Å². The fourth-order valence-electron chi connectivity index (χ4n) is 4.99. The maximum atomic E-state index is 13.1. The first-order valence-electron chi connectivity index (χ1n) is 14.4. The minimum Gasteiger partial charge on any atom is -0.366 e. The van der Waals surface area contributed by atoms with Crippen LogP contribution in [0.5, 0.6) is 0 Å². The number of hydrogen-bond acceptors (Lipinski definition) is 24. The van der Waals surface area contributed by atoms with Crippen LogP contribution in [0.4, 0.5) is 0 Å². The summed E-state index contributed by atoms with van der Waals surface area (Å²) in [5.74, 6) is -2.77. The van der Waals surface area contributed by atoms with Crippen LogP contribution in [0.15, 0.2) is 24.3 Å². The van der Waals surface area contributed by atoms with Gasteiger partial charge < -0.3 is 30.3 Å². The smallest absolute Gasteiger partial charge is 0.366 e. The average Bonchev–Trinajstić information content (AvgIpc) is 3.02. The third-order valence-corrected chi connectivity index (χ3v) is 9.76. The zero-order valence-corrected chi connectivity index (χ0v) is 32.4. The molecule has 2 aliphatic heterocycles. The largest absolute Gasteiger partial charge is 0.397 e. The van der Waals surface area contributed by atoms with Gasteiger partial charge >= 0.3 is 62.4 Å². The molecule has 1 aromatic carbocycles. The van der Waals surface area contributed by atoms with Gasteiger partial charge in [0.15, 0.2) is 12.6 Å². The number of carbonyl (C=O) groups excluding carboxylic acids is 2. The lowest BCUT2D eigenvalue weighted by molar-refractivity contribution is -0.241. The second kappa shape index (κ2) is 18.5. The third-order valence-electron chi connectivity index (χ3n) is 7.03. The highest BCUT2D eigenvalue weighted by atomic mass is 32.3. The molecule has 2 unspecified atom stereocenters. The maximum absolute atomic E-state index is 13.1. The highest BCUT2D eigenvalue weighted by Crippen LogP contribution is 2.30. The van der Waals surface area contributed by atoms with E-state index in [1.807, 2.05) is 10.6 Å². The normalized spacial score (nSPS) is 29.0. The molecule has 2 fully saturated rings. The molecule has 10 atom stereocenters. The summed E-state index contributed by atoms with van der Waals surface area (Å²) < 4.78 is 226. The lowest BCUT2D eigenvalue weighted by atomic mass is 9.96. The van der Waals surface area contributed by atoms with Gasteiger partial charge in [-0.05, 0) is 24.3 Å². The monoisotopic (exact) mass is 968 g/mol. The quantitative estimate of drug-likeness (QED) is 0.0612. The van der Waals surface area contributed by atoms with Crippen LogP contribution in [0.2, 0.25) is 0 Å². The Bertz CT molecular complexity index is 2170. The van der Waals surface area contributed by atoms with Crippen molar-refractivity contribution in [3.8, 4) is 0 Å². The molecule has 0 saturated carbocycles. The van der Waals surface area contributed by atoms with Gasteiger partial charge in [-0.3, -0.25) is 36.9 Å². The van der Waals surface area contributed by atoms with Gasteiger partial charge in [0.1, 0.15) is 48.7 Å². The summed E-state index contributed by atoms with van der Waals surface area (Å²) >= 11 is 0. The second-order valence-electron chi connectivity index (χ2n) is 11.1. The molecule has 0 aliphatic carbocycles. The standard InChI is InChI=1S/C20H28N2O30S6/c23-17(21-11-15(51-57(39,40)41)13(49-55(33,34)35)9(47-19(11)25)5-45-53(27,28)29)7-1-2-8(4-3-7)18(24)22-12-16(52-58(42,43)44)14(50-56(36,37)38)10(48-20(12)26)6-46-54(30,31)32/h1-4,9-16,19-20,25-26H,5-6H2,(H,21,23)(H,22,24)(H,27,28,29)(H,30,31,32)(H,33,34,35)(H,36,37,38)(H,39,40,41)(H,42,43,44)/t9-,10-,11-,12-,13-,14-,15-,16-,19?,20?/m1/s1. The number of amides is 2. The van der Waals surface area contributed by atoms with Crippen molar-refractivity contribution in [3.63, 3.8) is 0 Å². The van der Waals surface area contributed by atoms with Crippen molar-refractivity contribution >= 4 is 74.2 Å². The van der Waals surface area contributed by atoms with Crippen LogP contribution < -0.4 is 10.6 Å². The van der Waals surface area contributed by atoms with Crippen molar-refractivity contribution in [1.82, 2.24) is 10.6 Å². The fourth-order valence-corrected chi connectivity index (χ4v) is 7.65. The highest BCUT2D eigenvalue weighted by molar-refractivity contribution is 7.82. The molecule has 1 aromatic rings. The van der Waals surface area contributed by atoms with Crippen LogP contribution in [-0.2, 0) is 97.0 Å². The van der Waals surface area contributed by atoms with Crippen molar-refractivity contribution in [2.45, 2.75) is 61.3 Å². The SMILES string of the molecule is O=C(N[C@H]1C(O)O[C@H](COS(=O)(=O)O)[C@@H](OS(=O)(=O)O)[C@@H]1OS(=O)(=O)O)c1ccc(C(=O)N[C@H]2C(O)O[C@H](COS(=O)(=O)O)[C@@H](OS(=O)(=O)O)[C@@H]2OS(=O)(=O)O)cc1. The molecule has 0 radical (unpaired) electrons. The van der Waals surface area contributed by atoms with Crippen LogP contribution in [0, 0.1) is 0 Å². The molecule has 3 rings (SSSR count). The molecule has 38 heteroatoms. The molecule has 2 amide bonds. The van der Waals surface area contributed by atoms with Crippen LogP contribution in [0.3, 0.4) is 0 Å². The third kappa shape index (κ3) is 16.0. The molecule has 2 saturated heterocycles. The van der Waals surface area contributed by atoms with Crippen molar-refractivity contribution in [2.75, 3.05) is 13.2 Å². The molecule has 0 spiro atoms. The van der Waals surface area contributed by atoms with Crippen LogP contribution in [0.1, 0.15) is 20.7 Å². The van der Waals surface area contributed by atoms with E-state index in [1.165, 1.54) is 0 Å². The lowest BCUT2D eigenvalue weighted by Gasteiger charge is -2.42. The topological polar surface area (TPSA) is 499 Å². The Hall–Kier alpha value is -2.78. The Morgan fingerprint density at radius 2 is 0.741 bits per heavy atom. The van der Waals surface area contributed by atoms with E-state index in [2.05, 4.69) is 25.1 Å². The zero-order valence-electron chi connectivity index (χ0n) is 27.5. The molecule has 0 bridgehead atoms. The average molecular weight is 969 g/mol. The predicted octanol–water partition coefficient (Wildman–Crippen LogP) is -6.29. The number of carbonyl (C=O) groups is 2. The summed E-state index contributed by atoms with van der Waals surface area (Å²) in [4.78, 5) is 26.3. The Kier molecular flexibility index (Phi) is 15.8. The van der Waals surface area contributed by atoms with Crippen LogP contribution >= 0.6 is 0 Å². The Balaban J connectivity index is 1.91. The summed E-state index contributed by atoms with van der Waals surface area (Å²) in [7, 11) is -33.4. The van der Waals surface area contributed by atoms with Gasteiger partial charge in [0.2, 0.25) is 0 Å². The molecule has 2 heterocycles. The van der Waals surface area contributed by atoms with Gasteiger partial charge in [-0.2, -0.15) is 50.5 Å². The number of aliphatic hydroxyl groups excluding tert-OH is 2. The van der Waals surface area contributed by atoms with Crippen molar-refractivity contribution in [2.24, 2.45) is 0 Å². The number of hydrogen-bond donors (Lipinski definition) is 10. The summed E-state index contributed by atoms with van der Waals surface area (Å²) in [6.45, 7) is -2.95. The predicted molar refractivity (Wildman–Crippen MR) is 171 cm³/mol. The molecule has 32 nitrogen and oxygen atoms in total. The Morgan fingerprint density at radius 1 is 0.483 bits per heavy atom. The number of nitrogens with one attached hydrogen (secondary N) is 2. The van der Waals surface area contributed by atoms with Crippen molar-refractivity contribution in [1.29, 1.82) is 0 Å². The van der Waals surface area contributed by atoms with Crippen molar-refractivity contribution < 1.29 is 132 Å². The van der Waals surface area contributed by atoms with Crippen LogP contribution in [-0.4, -0.2) is 174 Å². The van der Waals surface area contributed by atoms with E-state index in [0.717, 1.165) is 24.3 Å². The Morgan fingerprint density at radius 3 is 0.983 bits per heavy atom. The summed E-state index contributed by atoms with van der Waals surface area (Å²) in [6.07, 6.45) is -20.1. The number of ether oxygens (including phenoxy) is 2. The summed E-state index contributed by atoms with van der Waals surface area (Å²) in [6, 6.07) is -1.55. The minimum atomic E-state index is -5.71. The van der Waals surface area contributed by atoms with Gasteiger partial charge in [-0.15, -0.1) is 0 Å². The number of aliphatic hydroxyl groups is 2. The lowest BCUT2D eigenvalue weighted by Crippen LogP contribution is -2.66. The van der Waals surface area contributed by atoms with Gasteiger partial charge in [0.05, 0.1) is 13.2 Å². The first-order valence-corrected chi connectivity index (χ1v) is 22.6. The van der Waals surface area contributed by atoms with E-state index < -0.39 is 160 Å². The number of rotatable bonds is 18. The van der Waals surface area contributed by atoms with E-state index in [9.17, 15) is 88.5 Å². The van der Waals surface area contributed by atoms with Crippen molar-refractivity contribution in [3.05, 3.63) is 35.4 Å². The van der Waals surface area contributed by atoms with E-state index in [-0.39, 0.29) is 0 Å².